The molecule has 5 rings (SSSR count). The maximum Gasteiger partial charge on any atom is 0.264 e. The number of hydrogen-bond donors (Lipinski definition) is 2. The van der Waals surface area contributed by atoms with E-state index >= 15 is 0 Å². The summed E-state index contributed by atoms with van der Waals surface area (Å²) in [5.41, 5.74) is 2.71. The minimum Gasteiger partial charge on any atom is -0.463 e. The SMILES string of the molecule is O=C(Nc1ccc(-c2ccc(=O)[nH]n2)cc1)C1CCN(c2ccc(-c3ccco3)nn2)CC1. The van der Waals surface area contributed by atoms with Crippen LogP contribution in [0.4, 0.5) is 11.5 Å². The Morgan fingerprint density at radius 1 is 0.970 bits per heavy atom. The summed E-state index contributed by atoms with van der Waals surface area (Å²) in [6.07, 6.45) is 3.10. The Balaban J connectivity index is 1.15. The Labute approximate surface area is 189 Å². The third-order valence-corrected chi connectivity index (χ3v) is 5.74. The lowest BCUT2D eigenvalue weighted by atomic mass is 9.95. The van der Waals surface area contributed by atoms with E-state index in [2.05, 4.69) is 30.6 Å². The van der Waals surface area contributed by atoms with Crippen molar-refractivity contribution in [1.29, 1.82) is 0 Å². The quantitative estimate of drug-likeness (QED) is 0.487. The van der Waals surface area contributed by atoms with E-state index in [1.165, 1.54) is 6.07 Å². The first kappa shape index (κ1) is 20.6. The fourth-order valence-electron chi connectivity index (χ4n) is 3.89. The van der Waals surface area contributed by atoms with Crippen LogP contribution < -0.4 is 15.8 Å². The highest BCUT2D eigenvalue weighted by molar-refractivity contribution is 5.93. The van der Waals surface area contributed by atoms with Gasteiger partial charge in [0, 0.05) is 36.3 Å². The van der Waals surface area contributed by atoms with Gasteiger partial charge in [-0.3, -0.25) is 9.59 Å². The number of hydrogen-bond acceptors (Lipinski definition) is 7. The number of aromatic amines is 1. The predicted octanol–water partition coefficient (Wildman–Crippen LogP) is 3.34. The number of benzene rings is 1. The van der Waals surface area contributed by atoms with E-state index in [0.717, 1.165) is 43.0 Å². The Bertz CT molecular complexity index is 1250. The molecule has 9 nitrogen and oxygen atoms in total. The van der Waals surface area contributed by atoms with Crippen LogP contribution >= 0.6 is 0 Å². The number of piperidine rings is 1. The van der Waals surface area contributed by atoms with Crippen molar-refractivity contribution in [3.05, 3.63) is 77.3 Å². The maximum absolute atomic E-state index is 12.8. The van der Waals surface area contributed by atoms with Gasteiger partial charge in [-0.15, -0.1) is 10.2 Å². The molecule has 0 aliphatic carbocycles. The molecule has 0 unspecified atom stereocenters. The number of furan rings is 1. The molecule has 1 aliphatic heterocycles. The molecular weight excluding hydrogens is 420 g/mol. The molecular formula is C24H22N6O3. The molecule has 0 bridgehead atoms. The van der Waals surface area contributed by atoms with Crippen molar-refractivity contribution >= 4 is 17.4 Å². The molecule has 1 aliphatic rings. The predicted molar refractivity (Wildman–Crippen MR) is 124 cm³/mol. The lowest BCUT2D eigenvalue weighted by molar-refractivity contribution is -0.120. The van der Waals surface area contributed by atoms with E-state index < -0.39 is 0 Å². The lowest BCUT2D eigenvalue weighted by Crippen LogP contribution is -2.38. The first-order valence-corrected chi connectivity index (χ1v) is 10.8. The van der Waals surface area contributed by atoms with Gasteiger partial charge in [-0.05, 0) is 55.3 Å². The summed E-state index contributed by atoms with van der Waals surface area (Å²) < 4.78 is 5.35. The van der Waals surface area contributed by atoms with Gasteiger partial charge in [0.05, 0.1) is 12.0 Å². The Morgan fingerprint density at radius 3 is 2.39 bits per heavy atom. The highest BCUT2D eigenvalue weighted by atomic mass is 16.3. The monoisotopic (exact) mass is 442 g/mol. The molecule has 1 aromatic carbocycles. The van der Waals surface area contributed by atoms with E-state index in [4.69, 9.17) is 4.42 Å². The lowest BCUT2D eigenvalue weighted by Gasteiger charge is -2.31. The molecule has 3 aromatic heterocycles. The largest absolute Gasteiger partial charge is 0.463 e. The molecule has 0 radical (unpaired) electrons. The van der Waals surface area contributed by atoms with Crippen LogP contribution in [0.15, 0.2) is 76.1 Å². The topological polar surface area (TPSA) is 117 Å². The van der Waals surface area contributed by atoms with Gasteiger partial charge >= 0.3 is 0 Å². The molecule has 0 spiro atoms. The second-order valence-electron chi connectivity index (χ2n) is 7.89. The summed E-state index contributed by atoms with van der Waals surface area (Å²) in [7, 11) is 0. The summed E-state index contributed by atoms with van der Waals surface area (Å²) in [6.45, 7) is 1.48. The van der Waals surface area contributed by atoms with Gasteiger partial charge in [-0.25, -0.2) is 5.10 Å². The van der Waals surface area contributed by atoms with Gasteiger partial charge in [-0.2, -0.15) is 5.10 Å². The van der Waals surface area contributed by atoms with Gasteiger partial charge in [-0.1, -0.05) is 12.1 Å². The summed E-state index contributed by atoms with van der Waals surface area (Å²) in [6, 6.07) is 18.0. The highest BCUT2D eigenvalue weighted by Crippen LogP contribution is 2.25. The molecule has 4 heterocycles. The number of anilines is 2. The van der Waals surface area contributed by atoms with Gasteiger partial charge in [0.1, 0.15) is 5.69 Å². The number of rotatable bonds is 5. The minimum absolute atomic E-state index is 0.0174. The second kappa shape index (κ2) is 9.07. The Hall–Kier alpha value is -4.27. The number of carbonyl (C=O) groups excluding carboxylic acids is 1. The van der Waals surface area contributed by atoms with Crippen molar-refractivity contribution in [3.63, 3.8) is 0 Å². The van der Waals surface area contributed by atoms with Crippen LogP contribution in [0.1, 0.15) is 12.8 Å². The molecule has 166 valence electrons. The molecule has 33 heavy (non-hydrogen) atoms. The molecule has 0 saturated carbocycles. The third-order valence-electron chi connectivity index (χ3n) is 5.74. The summed E-state index contributed by atoms with van der Waals surface area (Å²) >= 11 is 0. The molecule has 1 fully saturated rings. The van der Waals surface area contributed by atoms with Gasteiger partial charge < -0.3 is 14.6 Å². The summed E-state index contributed by atoms with van der Waals surface area (Å²) in [4.78, 5) is 26.1. The summed E-state index contributed by atoms with van der Waals surface area (Å²) in [5, 5.41) is 18.0. The van der Waals surface area contributed by atoms with E-state index in [9.17, 15) is 9.59 Å². The van der Waals surface area contributed by atoms with Gasteiger partial charge in [0.2, 0.25) is 5.91 Å². The fraction of sp³-hybridized carbons (Fsp3) is 0.208. The van der Waals surface area contributed by atoms with Crippen molar-refractivity contribution in [2.45, 2.75) is 12.8 Å². The molecule has 0 atom stereocenters. The first-order chi connectivity index (χ1) is 16.2. The van der Waals surface area contributed by atoms with Crippen LogP contribution in [-0.2, 0) is 4.79 Å². The first-order valence-electron chi connectivity index (χ1n) is 10.8. The third kappa shape index (κ3) is 4.67. The van der Waals surface area contributed by atoms with Gasteiger partial charge in [0.25, 0.3) is 5.56 Å². The molecule has 1 saturated heterocycles. The zero-order valence-electron chi connectivity index (χ0n) is 17.8. The average molecular weight is 442 g/mol. The van der Waals surface area contributed by atoms with Crippen LogP contribution in [0.3, 0.4) is 0 Å². The van der Waals surface area contributed by atoms with Crippen molar-refractivity contribution in [2.75, 3.05) is 23.3 Å². The number of amides is 1. The normalized spacial score (nSPS) is 14.2. The summed E-state index contributed by atoms with van der Waals surface area (Å²) in [5.74, 6) is 1.45. The van der Waals surface area contributed by atoms with Crippen molar-refractivity contribution in [1.82, 2.24) is 20.4 Å². The van der Waals surface area contributed by atoms with Crippen LogP contribution in [0.5, 0.6) is 0 Å². The van der Waals surface area contributed by atoms with Gasteiger partial charge in [0.15, 0.2) is 11.6 Å². The van der Waals surface area contributed by atoms with Crippen molar-refractivity contribution in [3.8, 4) is 22.7 Å². The number of nitrogens with one attached hydrogen (secondary N) is 2. The Kier molecular flexibility index (Phi) is 5.67. The van der Waals surface area contributed by atoms with Crippen molar-refractivity contribution in [2.24, 2.45) is 5.92 Å². The smallest absolute Gasteiger partial charge is 0.264 e. The minimum atomic E-state index is -0.244. The molecule has 2 N–H and O–H groups in total. The maximum atomic E-state index is 12.8. The highest BCUT2D eigenvalue weighted by Gasteiger charge is 2.26. The molecule has 1 amide bonds. The van der Waals surface area contributed by atoms with E-state index in [-0.39, 0.29) is 17.4 Å². The van der Waals surface area contributed by atoms with Crippen LogP contribution in [0.2, 0.25) is 0 Å². The zero-order valence-corrected chi connectivity index (χ0v) is 17.8. The molecule has 9 heteroatoms. The van der Waals surface area contributed by atoms with Crippen molar-refractivity contribution < 1.29 is 9.21 Å². The van der Waals surface area contributed by atoms with Crippen LogP contribution in [-0.4, -0.2) is 39.4 Å². The zero-order chi connectivity index (χ0) is 22.6. The van der Waals surface area contributed by atoms with E-state index in [0.29, 0.717) is 17.1 Å². The second-order valence-corrected chi connectivity index (χ2v) is 7.89. The number of aromatic nitrogens is 4. The number of H-pyrrole nitrogens is 1. The standard InChI is InChI=1S/C24H22N6O3/c31-23-10-8-19(26-29-23)16-3-5-18(6-4-16)25-24(32)17-11-13-30(14-12-17)22-9-7-20(27-28-22)21-2-1-15-33-21/h1-10,15,17H,11-14H2,(H,25,32)(H,29,31). The Morgan fingerprint density at radius 2 is 1.76 bits per heavy atom. The molecule has 4 aromatic rings. The van der Waals surface area contributed by atoms with E-state index in [1.807, 2.05) is 48.5 Å². The van der Waals surface area contributed by atoms with Crippen LogP contribution in [0, 0.1) is 5.92 Å². The van der Waals surface area contributed by atoms with E-state index in [1.54, 1.807) is 12.3 Å². The average Bonchev–Trinajstić information content (AvgIpc) is 3.40. The number of carbonyl (C=O) groups is 1. The fourth-order valence-corrected chi connectivity index (χ4v) is 3.89. The number of nitrogens with zero attached hydrogens (tertiary/aromatic N) is 4. The van der Waals surface area contributed by atoms with Crippen LogP contribution in [0.25, 0.3) is 22.7 Å².